The molecule has 0 radical (unpaired) electrons. The minimum atomic E-state index is -0.242. The van der Waals surface area contributed by atoms with E-state index in [0.29, 0.717) is 11.4 Å². The van der Waals surface area contributed by atoms with E-state index in [-0.39, 0.29) is 11.7 Å². The molecule has 4 heteroatoms. The van der Waals surface area contributed by atoms with E-state index >= 15 is 0 Å². The van der Waals surface area contributed by atoms with Gasteiger partial charge >= 0.3 is 0 Å². The fourth-order valence-electron chi connectivity index (χ4n) is 1.56. The molecule has 4 nitrogen and oxygen atoms in total. The molecule has 0 aliphatic rings. The van der Waals surface area contributed by atoms with Crippen molar-refractivity contribution in [3.8, 4) is 5.75 Å². The van der Waals surface area contributed by atoms with Crippen molar-refractivity contribution in [2.75, 3.05) is 11.1 Å². The minimum Gasteiger partial charge on any atom is -0.508 e. The van der Waals surface area contributed by atoms with Crippen LogP contribution in [0.5, 0.6) is 5.75 Å². The molecule has 0 saturated heterocycles. The first-order valence-corrected chi connectivity index (χ1v) is 5.77. The second kappa shape index (κ2) is 5.73. The third-order valence-corrected chi connectivity index (χ3v) is 2.47. The van der Waals surface area contributed by atoms with E-state index in [0.717, 1.165) is 5.56 Å². The van der Waals surface area contributed by atoms with Crippen LogP contribution in [0.3, 0.4) is 0 Å². The predicted octanol–water partition coefficient (Wildman–Crippen LogP) is 2.63. The van der Waals surface area contributed by atoms with Crippen molar-refractivity contribution in [3.05, 3.63) is 60.2 Å². The SMILES string of the molecule is Nc1cccc(/C=C/C(=O)Nc2ccc(O)cc2)c1. The highest BCUT2D eigenvalue weighted by atomic mass is 16.3. The van der Waals surface area contributed by atoms with Gasteiger partial charge in [0.15, 0.2) is 0 Å². The summed E-state index contributed by atoms with van der Waals surface area (Å²) in [4.78, 5) is 11.7. The van der Waals surface area contributed by atoms with Gasteiger partial charge < -0.3 is 16.2 Å². The van der Waals surface area contributed by atoms with Crippen LogP contribution in [-0.2, 0) is 4.79 Å². The first kappa shape index (κ1) is 12.7. The molecule has 0 unspecified atom stereocenters. The molecule has 2 aromatic carbocycles. The van der Waals surface area contributed by atoms with E-state index in [9.17, 15) is 4.79 Å². The van der Waals surface area contributed by atoms with Gasteiger partial charge in [-0.05, 0) is 48.0 Å². The summed E-state index contributed by atoms with van der Waals surface area (Å²) in [5, 5.41) is 11.8. The van der Waals surface area contributed by atoms with Crippen LogP contribution in [0.4, 0.5) is 11.4 Å². The van der Waals surface area contributed by atoms with Gasteiger partial charge in [-0.15, -0.1) is 0 Å². The number of phenols is 1. The summed E-state index contributed by atoms with van der Waals surface area (Å²) >= 11 is 0. The van der Waals surface area contributed by atoms with Crippen LogP contribution in [-0.4, -0.2) is 11.0 Å². The number of benzene rings is 2. The zero-order valence-corrected chi connectivity index (χ0v) is 10.2. The number of anilines is 2. The first-order valence-electron chi connectivity index (χ1n) is 5.77. The lowest BCUT2D eigenvalue weighted by molar-refractivity contribution is -0.111. The van der Waals surface area contributed by atoms with Gasteiger partial charge in [0.1, 0.15) is 5.75 Å². The number of hydrogen-bond acceptors (Lipinski definition) is 3. The molecule has 0 fully saturated rings. The highest BCUT2D eigenvalue weighted by molar-refractivity contribution is 6.01. The van der Waals surface area contributed by atoms with Crippen molar-refractivity contribution in [1.29, 1.82) is 0 Å². The summed E-state index contributed by atoms with van der Waals surface area (Å²) in [5.41, 5.74) is 7.79. The number of nitrogens with two attached hydrogens (primary N) is 1. The zero-order chi connectivity index (χ0) is 13.7. The standard InChI is InChI=1S/C15H14N2O2/c16-12-3-1-2-11(10-12)4-9-15(19)17-13-5-7-14(18)8-6-13/h1-10,18H,16H2,(H,17,19)/b9-4+. The Kier molecular flexibility index (Phi) is 3.83. The van der Waals surface area contributed by atoms with E-state index < -0.39 is 0 Å². The van der Waals surface area contributed by atoms with Gasteiger partial charge in [0.25, 0.3) is 0 Å². The van der Waals surface area contributed by atoms with Crippen molar-refractivity contribution in [1.82, 2.24) is 0 Å². The number of nitrogens with one attached hydrogen (secondary N) is 1. The van der Waals surface area contributed by atoms with Crippen LogP contribution in [0.25, 0.3) is 6.08 Å². The zero-order valence-electron chi connectivity index (χ0n) is 10.2. The molecule has 0 saturated carbocycles. The number of nitrogen functional groups attached to an aromatic ring is 1. The summed E-state index contributed by atoms with van der Waals surface area (Å²) in [6, 6.07) is 13.5. The lowest BCUT2D eigenvalue weighted by Gasteiger charge is -2.01. The lowest BCUT2D eigenvalue weighted by Crippen LogP contribution is -2.07. The fourth-order valence-corrected chi connectivity index (χ4v) is 1.56. The van der Waals surface area contributed by atoms with Gasteiger partial charge in [-0.2, -0.15) is 0 Å². The molecular formula is C15H14N2O2. The number of aromatic hydroxyl groups is 1. The fraction of sp³-hybridized carbons (Fsp3) is 0. The Morgan fingerprint density at radius 2 is 1.89 bits per heavy atom. The van der Waals surface area contributed by atoms with E-state index in [1.54, 1.807) is 30.3 Å². The minimum absolute atomic E-state index is 0.160. The lowest BCUT2D eigenvalue weighted by atomic mass is 10.2. The molecule has 0 bridgehead atoms. The Labute approximate surface area is 111 Å². The van der Waals surface area contributed by atoms with Crippen LogP contribution in [0.15, 0.2) is 54.6 Å². The third kappa shape index (κ3) is 3.89. The molecule has 0 aliphatic carbocycles. The van der Waals surface area contributed by atoms with Crippen LogP contribution in [0.1, 0.15) is 5.56 Å². The normalized spacial score (nSPS) is 10.5. The number of amides is 1. The van der Waals surface area contributed by atoms with Crippen molar-refractivity contribution < 1.29 is 9.90 Å². The molecule has 0 spiro atoms. The molecule has 0 atom stereocenters. The molecule has 2 rings (SSSR count). The Balaban J connectivity index is 1.99. The molecule has 96 valence electrons. The Bertz CT molecular complexity index is 604. The average Bonchev–Trinajstić information content (AvgIpc) is 2.39. The average molecular weight is 254 g/mol. The number of carbonyl (C=O) groups excluding carboxylic acids is 1. The van der Waals surface area contributed by atoms with Gasteiger partial charge in [-0.1, -0.05) is 12.1 Å². The van der Waals surface area contributed by atoms with Crippen molar-refractivity contribution in [2.45, 2.75) is 0 Å². The summed E-state index contributed by atoms with van der Waals surface area (Å²) in [7, 11) is 0. The maximum absolute atomic E-state index is 11.7. The number of carbonyl (C=O) groups is 1. The quantitative estimate of drug-likeness (QED) is 0.447. The second-order valence-electron chi connectivity index (χ2n) is 4.04. The van der Waals surface area contributed by atoms with E-state index in [1.807, 2.05) is 12.1 Å². The van der Waals surface area contributed by atoms with Gasteiger partial charge in [-0.25, -0.2) is 0 Å². The smallest absolute Gasteiger partial charge is 0.248 e. The van der Waals surface area contributed by atoms with Crippen molar-refractivity contribution >= 4 is 23.4 Å². The van der Waals surface area contributed by atoms with E-state index in [4.69, 9.17) is 10.8 Å². The summed E-state index contributed by atoms with van der Waals surface area (Å²) < 4.78 is 0. The Morgan fingerprint density at radius 3 is 2.58 bits per heavy atom. The summed E-state index contributed by atoms with van der Waals surface area (Å²) in [6.45, 7) is 0. The second-order valence-corrected chi connectivity index (χ2v) is 4.04. The van der Waals surface area contributed by atoms with Gasteiger partial charge in [0.05, 0.1) is 0 Å². The number of hydrogen-bond donors (Lipinski definition) is 3. The van der Waals surface area contributed by atoms with Crippen LogP contribution in [0.2, 0.25) is 0 Å². The largest absolute Gasteiger partial charge is 0.508 e. The van der Waals surface area contributed by atoms with Crippen molar-refractivity contribution in [3.63, 3.8) is 0 Å². The first-order chi connectivity index (χ1) is 9.13. The third-order valence-electron chi connectivity index (χ3n) is 2.47. The summed E-state index contributed by atoms with van der Waals surface area (Å²) in [5.74, 6) is -0.0820. The molecule has 1 amide bonds. The topological polar surface area (TPSA) is 75.4 Å². The van der Waals surface area contributed by atoms with E-state index in [2.05, 4.69) is 5.32 Å². The van der Waals surface area contributed by atoms with Gasteiger partial charge in [0, 0.05) is 17.5 Å². The Hall–Kier alpha value is -2.75. The van der Waals surface area contributed by atoms with Gasteiger partial charge in [-0.3, -0.25) is 4.79 Å². The monoisotopic (exact) mass is 254 g/mol. The number of rotatable bonds is 3. The maximum atomic E-state index is 11.7. The highest BCUT2D eigenvalue weighted by Crippen LogP contribution is 2.14. The molecule has 19 heavy (non-hydrogen) atoms. The molecule has 0 aliphatic heterocycles. The molecule has 0 heterocycles. The van der Waals surface area contributed by atoms with Crippen molar-refractivity contribution in [2.24, 2.45) is 0 Å². The van der Waals surface area contributed by atoms with Crippen LogP contribution in [0, 0.1) is 0 Å². The summed E-state index contributed by atoms with van der Waals surface area (Å²) in [6.07, 6.45) is 3.12. The molecule has 2 aromatic rings. The Morgan fingerprint density at radius 1 is 1.16 bits per heavy atom. The highest BCUT2D eigenvalue weighted by Gasteiger charge is 1.97. The van der Waals surface area contributed by atoms with Gasteiger partial charge in [0.2, 0.25) is 5.91 Å². The van der Waals surface area contributed by atoms with Crippen LogP contribution < -0.4 is 11.1 Å². The van der Waals surface area contributed by atoms with E-state index in [1.165, 1.54) is 18.2 Å². The number of phenolic OH excluding ortho intramolecular Hbond substituents is 1. The molecule has 0 aromatic heterocycles. The van der Waals surface area contributed by atoms with Crippen LogP contribution >= 0.6 is 0 Å². The predicted molar refractivity (Wildman–Crippen MR) is 76.6 cm³/mol. The maximum Gasteiger partial charge on any atom is 0.248 e. The molecular weight excluding hydrogens is 240 g/mol. The molecule has 4 N–H and O–H groups in total.